The molecule has 31 heavy (non-hydrogen) atoms. The summed E-state index contributed by atoms with van der Waals surface area (Å²) < 4.78 is 0. The molecule has 0 saturated carbocycles. The van der Waals surface area contributed by atoms with Gasteiger partial charge in [-0.25, -0.2) is 0 Å². The molecule has 5 N–H and O–H groups in total. The molecule has 2 aromatic rings. The number of carbonyl (C=O) groups excluding carboxylic acids is 1. The van der Waals surface area contributed by atoms with Crippen LogP contribution in [0.2, 0.25) is 0 Å². The zero-order valence-electron chi connectivity index (χ0n) is 18.1. The summed E-state index contributed by atoms with van der Waals surface area (Å²) in [6.45, 7) is 7.68. The number of phenolic OH excluding ortho intramolecular Hbond substituents is 5. The van der Waals surface area contributed by atoms with Gasteiger partial charge >= 0.3 is 0 Å². The highest BCUT2D eigenvalue weighted by atomic mass is 16.3. The highest BCUT2D eigenvalue weighted by Crippen LogP contribution is 2.38. The van der Waals surface area contributed by atoms with Crippen LogP contribution in [-0.2, 0) is 12.8 Å². The molecule has 0 saturated heterocycles. The summed E-state index contributed by atoms with van der Waals surface area (Å²) in [5.41, 5.74) is 3.21. The molecule has 0 aliphatic rings. The first-order valence-electron chi connectivity index (χ1n) is 9.82. The van der Waals surface area contributed by atoms with E-state index >= 15 is 0 Å². The normalized spacial score (nSPS) is 10.8. The largest absolute Gasteiger partial charge is 0.508 e. The van der Waals surface area contributed by atoms with Crippen LogP contribution in [0, 0.1) is 0 Å². The maximum atomic E-state index is 12.6. The molecule has 2 rings (SSSR count). The van der Waals surface area contributed by atoms with Crippen molar-refractivity contribution in [2.75, 3.05) is 0 Å². The van der Waals surface area contributed by atoms with Crippen LogP contribution in [-0.4, -0.2) is 31.3 Å². The lowest BCUT2D eigenvalue weighted by Gasteiger charge is -2.13. The zero-order chi connectivity index (χ0) is 23.3. The Kier molecular flexibility index (Phi) is 7.53. The molecule has 164 valence electrons. The van der Waals surface area contributed by atoms with Crippen molar-refractivity contribution in [3.05, 3.63) is 69.8 Å². The Hall–Kier alpha value is -3.67. The van der Waals surface area contributed by atoms with E-state index in [-0.39, 0.29) is 22.8 Å². The minimum atomic E-state index is -0.679. The van der Waals surface area contributed by atoms with Crippen LogP contribution in [0.3, 0.4) is 0 Å². The quantitative estimate of drug-likeness (QED) is 0.182. The Bertz CT molecular complexity index is 1060. The molecule has 0 aromatic heterocycles. The maximum absolute atomic E-state index is 12.6. The number of rotatable bonds is 7. The summed E-state index contributed by atoms with van der Waals surface area (Å²) in [7, 11) is 0. The van der Waals surface area contributed by atoms with Gasteiger partial charge in [0.2, 0.25) is 0 Å². The van der Waals surface area contributed by atoms with Gasteiger partial charge in [-0.05, 0) is 58.2 Å². The molecule has 0 atom stereocenters. The van der Waals surface area contributed by atoms with Gasteiger partial charge < -0.3 is 25.5 Å². The molecule has 0 bridgehead atoms. The van der Waals surface area contributed by atoms with Gasteiger partial charge in [-0.1, -0.05) is 29.4 Å². The zero-order valence-corrected chi connectivity index (χ0v) is 18.1. The minimum absolute atomic E-state index is 0.202. The molecule has 0 heterocycles. The van der Waals surface area contributed by atoms with Gasteiger partial charge in [-0.15, -0.1) is 0 Å². The van der Waals surface area contributed by atoms with E-state index in [0.29, 0.717) is 29.5 Å². The number of ketones is 1. The van der Waals surface area contributed by atoms with E-state index in [1.807, 2.05) is 39.8 Å². The Labute approximate surface area is 181 Å². The maximum Gasteiger partial charge on any atom is 0.193 e. The van der Waals surface area contributed by atoms with E-state index < -0.39 is 17.3 Å². The number of hydrogen-bond donors (Lipinski definition) is 5. The Balaban J connectivity index is 2.55. The molecule has 0 aliphatic carbocycles. The van der Waals surface area contributed by atoms with Crippen molar-refractivity contribution in [3.8, 4) is 28.7 Å². The molecular formula is C25H28O6. The van der Waals surface area contributed by atoms with E-state index in [9.17, 15) is 30.3 Å². The first-order chi connectivity index (χ1) is 14.5. The molecule has 6 heteroatoms. The average molecular weight is 424 g/mol. The van der Waals surface area contributed by atoms with Crippen molar-refractivity contribution >= 4 is 11.9 Å². The topological polar surface area (TPSA) is 118 Å². The molecule has 0 aliphatic heterocycles. The summed E-state index contributed by atoms with van der Waals surface area (Å²) >= 11 is 0. The number of hydrogen-bond acceptors (Lipinski definition) is 6. The lowest BCUT2D eigenvalue weighted by atomic mass is 9.95. The van der Waals surface area contributed by atoms with Crippen molar-refractivity contribution in [2.45, 2.75) is 40.5 Å². The van der Waals surface area contributed by atoms with E-state index in [1.165, 1.54) is 6.08 Å². The van der Waals surface area contributed by atoms with E-state index in [2.05, 4.69) is 0 Å². The molecule has 0 radical (unpaired) electrons. The summed E-state index contributed by atoms with van der Waals surface area (Å²) in [6.07, 6.45) is 7.17. The third-order valence-corrected chi connectivity index (χ3v) is 4.68. The Morgan fingerprint density at radius 3 is 1.90 bits per heavy atom. The van der Waals surface area contributed by atoms with Crippen molar-refractivity contribution in [2.24, 2.45) is 0 Å². The van der Waals surface area contributed by atoms with Crippen molar-refractivity contribution in [1.29, 1.82) is 0 Å². The molecule has 0 fully saturated rings. The minimum Gasteiger partial charge on any atom is -0.508 e. The predicted molar refractivity (Wildman–Crippen MR) is 121 cm³/mol. The fourth-order valence-corrected chi connectivity index (χ4v) is 3.01. The predicted octanol–water partition coefficient (Wildman–Crippen LogP) is 5.13. The van der Waals surface area contributed by atoms with E-state index in [0.717, 1.165) is 29.4 Å². The number of aromatic hydroxyl groups is 5. The second-order valence-corrected chi connectivity index (χ2v) is 7.83. The average Bonchev–Trinajstić information content (AvgIpc) is 2.65. The third-order valence-electron chi connectivity index (χ3n) is 4.68. The number of benzene rings is 2. The summed E-state index contributed by atoms with van der Waals surface area (Å²) in [6, 6.07) is 3.62. The van der Waals surface area contributed by atoms with Crippen molar-refractivity contribution in [1.82, 2.24) is 0 Å². The van der Waals surface area contributed by atoms with E-state index in [1.54, 1.807) is 6.07 Å². The second-order valence-electron chi connectivity index (χ2n) is 7.83. The third kappa shape index (κ3) is 5.92. The van der Waals surface area contributed by atoms with Crippen LogP contribution >= 0.6 is 0 Å². The number of phenols is 5. The smallest absolute Gasteiger partial charge is 0.193 e. The fraction of sp³-hybridized carbons (Fsp3) is 0.240. The molecular weight excluding hydrogens is 396 g/mol. The van der Waals surface area contributed by atoms with Crippen LogP contribution in [0.25, 0.3) is 6.08 Å². The van der Waals surface area contributed by atoms with Crippen molar-refractivity contribution < 1.29 is 30.3 Å². The summed E-state index contributed by atoms with van der Waals surface area (Å²) in [4.78, 5) is 12.6. The molecule has 6 nitrogen and oxygen atoms in total. The number of allylic oxidation sites excluding steroid dienone is 5. The lowest BCUT2D eigenvalue weighted by molar-refractivity contribution is 0.104. The lowest BCUT2D eigenvalue weighted by Crippen LogP contribution is -1.98. The Morgan fingerprint density at radius 1 is 0.806 bits per heavy atom. The molecule has 0 unspecified atom stereocenters. The molecule has 2 aromatic carbocycles. The Morgan fingerprint density at radius 2 is 1.35 bits per heavy atom. The monoisotopic (exact) mass is 424 g/mol. The van der Waals surface area contributed by atoms with E-state index in [4.69, 9.17) is 0 Å². The van der Waals surface area contributed by atoms with Gasteiger partial charge in [0.05, 0.1) is 0 Å². The second kappa shape index (κ2) is 9.89. The van der Waals surface area contributed by atoms with Gasteiger partial charge in [0.25, 0.3) is 0 Å². The van der Waals surface area contributed by atoms with Crippen LogP contribution in [0.4, 0.5) is 0 Å². The first kappa shape index (κ1) is 23.6. The highest BCUT2D eigenvalue weighted by molar-refractivity contribution is 6.10. The molecule has 0 amide bonds. The summed E-state index contributed by atoms with van der Waals surface area (Å²) in [5, 5.41) is 50.3. The fourth-order valence-electron chi connectivity index (χ4n) is 3.01. The van der Waals surface area contributed by atoms with Crippen LogP contribution < -0.4 is 0 Å². The highest BCUT2D eigenvalue weighted by Gasteiger charge is 2.18. The summed E-state index contributed by atoms with van der Waals surface area (Å²) in [5.74, 6) is -2.59. The first-order valence-corrected chi connectivity index (χ1v) is 9.82. The van der Waals surface area contributed by atoms with Gasteiger partial charge in [0.1, 0.15) is 22.8 Å². The SMILES string of the molecule is CC(C)=CCc1cc(C=CC(=O)c2c(O)cc(O)cc2O)c(CC=C(C)C)c(O)c1O. The van der Waals surface area contributed by atoms with Crippen LogP contribution in [0.15, 0.2) is 47.6 Å². The van der Waals surface area contributed by atoms with Gasteiger partial charge in [0.15, 0.2) is 17.3 Å². The van der Waals surface area contributed by atoms with Gasteiger partial charge in [-0.3, -0.25) is 4.79 Å². The van der Waals surface area contributed by atoms with Crippen LogP contribution in [0.5, 0.6) is 28.7 Å². The van der Waals surface area contributed by atoms with Crippen molar-refractivity contribution in [3.63, 3.8) is 0 Å². The van der Waals surface area contributed by atoms with Gasteiger partial charge in [-0.2, -0.15) is 0 Å². The standard InChI is InChI=1S/C25H28O6/c1-14(2)5-7-17-11-16(19(9-6-15(3)4)25(31)24(17)30)8-10-20(27)23-21(28)12-18(26)13-22(23)29/h5-6,8,10-13,26,28-31H,7,9H2,1-4H3. The van der Waals surface area contributed by atoms with Gasteiger partial charge in [0, 0.05) is 23.3 Å². The molecule has 0 spiro atoms. The van der Waals surface area contributed by atoms with Crippen LogP contribution in [0.1, 0.15) is 54.7 Å². The number of carbonyl (C=O) groups is 1.